The molecule has 0 aromatic rings. The third kappa shape index (κ3) is 2.39. The molecule has 0 heterocycles. The van der Waals surface area contributed by atoms with Crippen LogP contribution in [0.3, 0.4) is 0 Å². The SMILES string of the molecule is C=C1[C@H](OC(C)=O)[C@](C)(C(=O)O)CC[C@]2(C)[C@H](C)CC[C@]13CCC(=O)[C@H]32. The van der Waals surface area contributed by atoms with Gasteiger partial charge in [0.25, 0.3) is 0 Å². The standard InChI is InChI=1S/C21H30O5/c1-12-6-8-21-9-7-15(23)16(21)19(12,4)10-11-20(5,18(24)25)17(13(21)2)26-14(3)22/h12,16-17H,2,6-11H2,1,3-5H3,(H,24,25)/t12-,16+,17+,19-,20-,21+/m1/s1. The van der Waals surface area contributed by atoms with Crippen LogP contribution in [0.1, 0.15) is 66.2 Å². The minimum Gasteiger partial charge on any atom is -0.481 e. The van der Waals surface area contributed by atoms with Crippen molar-refractivity contribution in [2.45, 2.75) is 72.3 Å². The van der Waals surface area contributed by atoms with E-state index >= 15 is 0 Å². The van der Waals surface area contributed by atoms with Gasteiger partial charge in [-0.25, -0.2) is 0 Å². The number of Topliss-reactive ketones (excluding diaryl/α,β-unsaturated/α-hetero) is 1. The lowest BCUT2D eigenvalue weighted by atomic mass is 9.46. The molecular weight excluding hydrogens is 332 g/mol. The molecule has 3 aliphatic rings. The van der Waals surface area contributed by atoms with Crippen LogP contribution in [0, 0.1) is 28.1 Å². The molecule has 3 rings (SSSR count). The van der Waals surface area contributed by atoms with Crippen molar-refractivity contribution in [3.8, 4) is 0 Å². The van der Waals surface area contributed by atoms with Gasteiger partial charge in [-0.15, -0.1) is 0 Å². The van der Waals surface area contributed by atoms with Crippen LogP contribution in [0.4, 0.5) is 0 Å². The first-order chi connectivity index (χ1) is 12.0. The second-order valence-corrected chi connectivity index (χ2v) is 9.24. The molecule has 0 aliphatic heterocycles. The van der Waals surface area contributed by atoms with Gasteiger partial charge < -0.3 is 9.84 Å². The van der Waals surface area contributed by atoms with Crippen LogP contribution in [0.15, 0.2) is 12.2 Å². The Labute approximate surface area is 155 Å². The minimum atomic E-state index is -1.23. The Morgan fingerprint density at radius 2 is 1.85 bits per heavy atom. The van der Waals surface area contributed by atoms with Gasteiger partial charge in [-0.2, -0.15) is 0 Å². The number of hydrogen-bond acceptors (Lipinski definition) is 4. The van der Waals surface area contributed by atoms with Crippen LogP contribution in [-0.4, -0.2) is 28.9 Å². The van der Waals surface area contributed by atoms with Crippen molar-refractivity contribution in [1.29, 1.82) is 0 Å². The molecular formula is C21H30O5. The Morgan fingerprint density at radius 3 is 2.42 bits per heavy atom. The molecule has 1 N–H and O–H groups in total. The van der Waals surface area contributed by atoms with Crippen molar-refractivity contribution in [3.05, 3.63) is 12.2 Å². The van der Waals surface area contributed by atoms with E-state index in [1.165, 1.54) is 6.92 Å². The van der Waals surface area contributed by atoms with Gasteiger partial charge in [-0.3, -0.25) is 14.4 Å². The second kappa shape index (κ2) is 5.93. The maximum Gasteiger partial charge on any atom is 0.313 e. The van der Waals surface area contributed by atoms with E-state index in [2.05, 4.69) is 20.4 Å². The number of aliphatic carboxylic acids is 1. The van der Waals surface area contributed by atoms with Crippen molar-refractivity contribution in [1.82, 2.24) is 0 Å². The molecule has 0 aromatic carbocycles. The predicted octanol–water partition coefficient (Wildman–Crippen LogP) is 3.76. The van der Waals surface area contributed by atoms with Crippen LogP contribution >= 0.6 is 0 Å². The average molecular weight is 362 g/mol. The summed E-state index contributed by atoms with van der Waals surface area (Å²) < 4.78 is 5.57. The fourth-order valence-electron chi connectivity index (χ4n) is 6.09. The molecule has 2 bridgehead atoms. The van der Waals surface area contributed by atoms with Gasteiger partial charge in [-0.05, 0) is 55.9 Å². The molecule has 0 aromatic heterocycles. The molecule has 5 nitrogen and oxygen atoms in total. The number of carboxylic acids is 1. The van der Waals surface area contributed by atoms with Gasteiger partial charge >= 0.3 is 11.9 Å². The van der Waals surface area contributed by atoms with Gasteiger partial charge in [0, 0.05) is 24.7 Å². The highest BCUT2D eigenvalue weighted by atomic mass is 16.5. The lowest BCUT2D eigenvalue weighted by Gasteiger charge is -2.58. The third-order valence-electron chi connectivity index (χ3n) is 7.99. The molecule has 0 radical (unpaired) electrons. The summed E-state index contributed by atoms with van der Waals surface area (Å²) in [6, 6.07) is 0. The van der Waals surface area contributed by atoms with Crippen LogP contribution in [-0.2, 0) is 19.1 Å². The maximum absolute atomic E-state index is 12.9. The number of ether oxygens (including phenoxy) is 1. The number of carboxylic acid groups (broad SMARTS) is 1. The van der Waals surface area contributed by atoms with Gasteiger partial charge in [0.05, 0.1) is 0 Å². The topological polar surface area (TPSA) is 80.7 Å². The van der Waals surface area contributed by atoms with E-state index in [9.17, 15) is 19.5 Å². The summed E-state index contributed by atoms with van der Waals surface area (Å²) in [6.45, 7) is 11.6. The Morgan fingerprint density at radius 1 is 1.19 bits per heavy atom. The number of hydrogen-bond donors (Lipinski definition) is 1. The maximum atomic E-state index is 12.9. The van der Waals surface area contributed by atoms with Crippen LogP contribution in [0.5, 0.6) is 0 Å². The molecule has 5 heteroatoms. The van der Waals surface area contributed by atoms with Crippen molar-refractivity contribution < 1.29 is 24.2 Å². The molecule has 0 amide bonds. The monoisotopic (exact) mass is 362 g/mol. The summed E-state index contributed by atoms with van der Waals surface area (Å²) in [5.74, 6) is -1.02. The normalized spacial score (nSPS) is 45.5. The highest BCUT2D eigenvalue weighted by Crippen LogP contribution is 2.67. The zero-order valence-electron chi connectivity index (χ0n) is 16.3. The lowest BCUT2D eigenvalue weighted by molar-refractivity contribution is -0.171. The number of carbonyl (C=O) groups excluding carboxylic acids is 2. The summed E-state index contributed by atoms with van der Waals surface area (Å²) in [7, 11) is 0. The summed E-state index contributed by atoms with van der Waals surface area (Å²) in [6.07, 6.45) is 3.08. The molecule has 0 spiro atoms. The molecule has 26 heavy (non-hydrogen) atoms. The van der Waals surface area contributed by atoms with Crippen molar-refractivity contribution in [2.24, 2.45) is 28.1 Å². The first-order valence-corrected chi connectivity index (χ1v) is 9.61. The van der Waals surface area contributed by atoms with Crippen LogP contribution in [0.2, 0.25) is 0 Å². The smallest absolute Gasteiger partial charge is 0.313 e. The Kier molecular flexibility index (Phi) is 4.36. The lowest BCUT2D eigenvalue weighted by Crippen LogP contribution is -2.57. The molecule has 0 unspecified atom stereocenters. The van der Waals surface area contributed by atoms with E-state index in [1.807, 2.05) is 0 Å². The molecule has 3 aliphatic carbocycles. The highest BCUT2D eigenvalue weighted by Gasteiger charge is 2.65. The van der Waals surface area contributed by atoms with Crippen molar-refractivity contribution >= 4 is 17.7 Å². The van der Waals surface area contributed by atoms with Gasteiger partial charge in [-0.1, -0.05) is 20.4 Å². The highest BCUT2D eigenvalue weighted by molar-refractivity contribution is 5.87. The first kappa shape index (κ1) is 19.1. The van der Waals surface area contributed by atoms with E-state index in [4.69, 9.17) is 4.74 Å². The molecule has 3 saturated carbocycles. The second-order valence-electron chi connectivity index (χ2n) is 9.24. The van der Waals surface area contributed by atoms with E-state index in [1.54, 1.807) is 6.92 Å². The molecule has 3 fully saturated rings. The van der Waals surface area contributed by atoms with E-state index in [0.717, 1.165) is 12.8 Å². The number of rotatable bonds is 2. The van der Waals surface area contributed by atoms with Crippen LogP contribution < -0.4 is 0 Å². The van der Waals surface area contributed by atoms with E-state index in [0.29, 0.717) is 37.2 Å². The fourth-order valence-corrected chi connectivity index (χ4v) is 6.09. The van der Waals surface area contributed by atoms with E-state index < -0.39 is 28.9 Å². The minimum absolute atomic E-state index is 0.150. The quantitative estimate of drug-likeness (QED) is 0.597. The average Bonchev–Trinajstić information content (AvgIpc) is 2.91. The summed E-state index contributed by atoms with van der Waals surface area (Å²) in [5, 5.41) is 10.0. The predicted molar refractivity (Wildman–Crippen MR) is 96.3 cm³/mol. The van der Waals surface area contributed by atoms with E-state index in [-0.39, 0.29) is 17.1 Å². The fraction of sp³-hybridized carbons (Fsp3) is 0.762. The number of carbonyl (C=O) groups is 3. The van der Waals surface area contributed by atoms with Gasteiger partial charge in [0.1, 0.15) is 17.3 Å². The van der Waals surface area contributed by atoms with Crippen LogP contribution in [0.25, 0.3) is 0 Å². The number of ketones is 1. The Balaban J connectivity index is 2.19. The molecule has 0 saturated heterocycles. The van der Waals surface area contributed by atoms with Crippen molar-refractivity contribution in [3.63, 3.8) is 0 Å². The van der Waals surface area contributed by atoms with Crippen molar-refractivity contribution in [2.75, 3.05) is 0 Å². The molecule has 144 valence electrons. The Hall–Kier alpha value is -1.65. The first-order valence-electron chi connectivity index (χ1n) is 9.61. The largest absolute Gasteiger partial charge is 0.481 e. The molecule has 6 atom stereocenters. The Bertz CT molecular complexity index is 682. The summed E-state index contributed by atoms with van der Waals surface area (Å²) in [4.78, 5) is 37.0. The van der Waals surface area contributed by atoms with Gasteiger partial charge in [0.15, 0.2) is 0 Å². The summed E-state index contributed by atoms with van der Waals surface area (Å²) >= 11 is 0. The zero-order chi connectivity index (χ0) is 19.5. The van der Waals surface area contributed by atoms with Gasteiger partial charge in [0.2, 0.25) is 0 Å². The zero-order valence-corrected chi connectivity index (χ0v) is 16.3. The summed E-state index contributed by atoms with van der Waals surface area (Å²) in [5.41, 5.74) is -1.28. The third-order valence-corrected chi connectivity index (χ3v) is 7.99. The number of esters is 1.